The van der Waals surface area contributed by atoms with Gasteiger partial charge in [0, 0.05) is 17.5 Å². The van der Waals surface area contributed by atoms with Gasteiger partial charge in [0.25, 0.3) is 5.91 Å². The van der Waals surface area contributed by atoms with Crippen LogP contribution in [-0.4, -0.2) is 11.7 Å². The van der Waals surface area contributed by atoms with Crippen molar-refractivity contribution in [1.82, 2.24) is 5.32 Å². The number of amides is 1. The maximum Gasteiger partial charge on any atom is 0.252 e. The SMILES string of the molecule is Cc1ccc2c(c1)C(C)(CC(=O)c1ccccc1)NC2=O. The van der Waals surface area contributed by atoms with Gasteiger partial charge < -0.3 is 5.32 Å². The Morgan fingerprint density at radius 3 is 2.57 bits per heavy atom. The summed E-state index contributed by atoms with van der Waals surface area (Å²) in [5.41, 5.74) is 2.71. The molecule has 3 rings (SSSR count). The predicted molar refractivity (Wildman–Crippen MR) is 81.4 cm³/mol. The predicted octanol–water partition coefficient (Wildman–Crippen LogP) is 3.23. The maximum atomic E-state index is 12.5. The van der Waals surface area contributed by atoms with Gasteiger partial charge in [0.2, 0.25) is 0 Å². The minimum Gasteiger partial charge on any atom is -0.342 e. The molecule has 1 aliphatic heterocycles. The highest BCUT2D eigenvalue weighted by Gasteiger charge is 2.40. The highest BCUT2D eigenvalue weighted by atomic mass is 16.2. The number of nitrogens with one attached hydrogen (secondary N) is 1. The zero-order valence-electron chi connectivity index (χ0n) is 12.1. The Labute approximate surface area is 124 Å². The molecule has 1 heterocycles. The smallest absolute Gasteiger partial charge is 0.252 e. The van der Waals surface area contributed by atoms with Crippen LogP contribution in [0.25, 0.3) is 0 Å². The molecule has 0 radical (unpaired) electrons. The first kappa shape index (κ1) is 13.6. The van der Waals surface area contributed by atoms with Gasteiger partial charge in [-0.2, -0.15) is 0 Å². The van der Waals surface area contributed by atoms with Crippen LogP contribution in [0, 0.1) is 6.92 Å². The fourth-order valence-electron chi connectivity index (χ4n) is 2.88. The van der Waals surface area contributed by atoms with Gasteiger partial charge in [-0.15, -0.1) is 0 Å². The number of benzene rings is 2. The van der Waals surface area contributed by atoms with Gasteiger partial charge in [-0.25, -0.2) is 0 Å². The van der Waals surface area contributed by atoms with Crippen molar-refractivity contribution in [3.05, 3.63) is 70.8 Å². The van der Waals surface area contributed by atoms with Crippen LogP contribution in [0.1, 0.15) is 45.2 Å². The number of hydrogen-bond acceptors (Lipinski definition) is 2. The second-order valence-corrected chi connectivity index (χ2v) is 5.80. The molecule has 2 aromatic rings. The van der Waals surface area contributed by atoms with Crippen LogP contribution in [0.4, 0.5) is 0 Å². The average Bonchev–Trinajstić information content (AvgIpc) is 2.71. The van der Waals surface area contributed by atoms with Gasteiger partial charge in [0.15, 0.2) is 5.78 Å². The summed E-state index contributed by atoms with van der Waals surface area (Å²) in [6.07, 6.45) is 0.263. The molecule has 1 amide bonds. The molecular weight excluding hydrogens is 262 g/mol. The summed E-state index contributed by atoms with van der Waals surface area (Å²) in [7, 11) is 0. The van der Waals surface area contributed by atoms with E-state index in [9.17, 15) is 9.59 Å². The highest BCUT2D eigenvalue weighted by molar-refractivity contribution is 6.03. The van der Waals surface area contributed by atoms with Crippen LogP contribution in [0.15, 0.2) is 48.5 Å². The Bertz CT molecular complexity index is 721. The van der Waals surface area contributed by atoms with Crippen LogP contribution in [0.2, 0.25) is 0 Å². The van der Waals surface area contributed by atoms with Gasteiger partial charge in [0.05, 0.1) is 5.54 Å². The van der Waals surface area contributed by atoms with Crippen LogP contribution >= 0.6 is 0 Å². The van der Waals surface area contributed by atoms with Crippen molar-refractivity contribution in [3.8, 4) is 0 Å². The van der Waals surface area contributed by atoms with Gasteiger partial charge >= 0.3 is 0 Å². The molecule has 106 valence electrons. The Kier molecular flexibility index (Phi) is 3.13. The van der Waals surface area contributed by atoms with Crippen LogP contribution in [0.3, 0.4) is 0 Å². The zero-order valence-corrected chi connectivity index (χ0v) is 12.1. The number of rotatable bonds is 3. The summed E-state index contributed by atoms with van der Waals surface area (Å²) < 4.78 is 0. The Morgan fingerprint density at radius 2 is 1.86 bits per heavy atom. The molecule has 1 aliphatic rings. The number of aryl methyl sites for hydroxylation is 1. The van der Waals surface area contributed by atoms with Crippen molar-refractivity contribution in [3.63, 3.8) is 0 Å². The summed E-state index contributed by atoms with van der Waals surface area (Å²) in [4.78, 5) is 24.5. The normalized spacial score (nSPS) is 20.0. The van der Waals surface area contributed by atoms with E-state index in [1.807, 2.05) is 50.2 Å². The zero-order chi connectivity index (χ0) is 15.0. The molecule has 1 unspecified atom stereocenters. The highest BCUT2D eigenvalue weighted by Crippen LogP contribution is 2.35. The summed E-state index contributed by atoms with van der Waals surface area (Å²) in [6, 6.07) is 14.9. The van der Waals surface area contributed by atoms with Crippen molar-refractivity contribution in [2.24, 2.45) is 0 Å². The lowest BCUT2D eigenvalue weighted by atomic mass is 9.85. The van der Waals surface area contributed by atoms with E-state index in [0.29, 0.717) is 11.1 Å². The van der Waals surface area contributed by atoms with Crippen molar-refractivity contribution >= 4 is 11.7 Å². The number of hydrogen-bond donors (Lipinski definition) is 1. The third-order valence-corrected chi connectivity index (χ3v) is 4.01. The van der Waals surface area contributed by atoms with E-state index in [2.05, 4.69) is 5.32 Å². The average molecular weight is 279 g/mol. The van der Waals surface area contributed by atoms with E-state index >= 15 is 0 Å². The van der Waals surface area contributed by atoms with Crippen molar-refractivity contribution in [2.45, 2.75) is 25.8 Å². The van der Waals surface area contributed by atoms with Crippen molar-refractivity contribution in [2.75, 3.05) is 0 Å². The maximum absolute atomic E-state index is 12.5. The second kappa shape index (κ2) is 4.85. The van der Waals surface area contributed by atoms with Gasteiger partial charge in [-0.1, -0.05) is 48.0 Å². The summed E-state index contributed by atoms with van der Waals surface area (Å²) in [5.74, 6) is -0.0684. The first-order valence-corrected chi connectivity index (χ1v) is 7.01. The van der Waals surface area contributed by atoms with E-state index in [0.717, 1.165) is 11.1 Å². The van der Waals surface area contributed by atoms with Crippen LogP contribution in [0.5, 0.6) is 0 Å². The number of carbonyl (C=O) groups excluding carboxylic acids is 2. The molecular formula is C18H17NO2. The molecule has 1 atom stereocenters. The lowest BCUT2D eigenvalue weighted by Crippen LogP contribution is -2.38. The van der Waals surface area contributed by atoms with Crippen LogP contribution in [-0.2, 0) is 5.54 Å². The topological polar surface area (TPSA) is 46.2 Å². The van der Waals surface area contributed by atoms with E-state index in [1.165, 1.54) is 0 Å². The molecule has 3 nitrogen and oxygen atoms in total. The number of ketones is 1. The van der Waals surface area contributed by atoms with Crippen LogP contribution < -0.4 is 5.32 Å². The summed E-state index contributed by atoms with van der Waals surface area (Å²) >= 11 is 0. The largest absolute Gasteiger partial charge is 0.342 e. The van der Waals surface area contributed by atoms with Gasteiger partial charge in [0.1, 0.15) is 0 Å². The minimum atomic E-state index is -0.634. The molecule has 2 aromatic carbocycles. The molecule has 21 heavy (non-hydrogen) atoms. The number of carbonyl (C=O) groups is 2. The fourth-order valence-corrected chi connectivity index (χ4v) is 2.88. The molecule has 0 bridgehead atoms. The van der Waals surface area contributed by atoms with E-state index < -0.39 is 5.54 Å². The molecule has 3 heteroatoms. The lowest BCUT2D eigenvalue weighted by Gasteiger charge is -2.25. The first-order valence-electron chi connectivity index (χ1n) is 7.01. The third-order valence-electron chi connectivity index (χ3n) is 4.01. The molecule has 0 fully saturated rings. The van der Waals surface area contributed by atoms with Crippen molar-refractivity contribution in [1.29, 1.82) is 0 Å². The fraction of sp³-hybridized carbons (Fsp3) is 0.222. The third kappa shape index (κ3) is 2.35. The Morgan fingerprint density at radius 1 is 1.14 bits per heavy atom. The molecule has 0 saturated carbocycles. The first-order chi connectivity index (χ1) is 9.99. The Hall–Kier alpha value is -2.42. The standard InChI is InChI=1S/C18H17NO2/c1-12-8-9-14-15(10-12)18(2,19-17(14)21)11-16(20)13-6-4-3-5-7-13/h3-10H,11H2,1-2H3,(H,19,21). The molecule has 1 N–H and O–H groups in total. The minimum absolute atomic E-state index is 0.0350. The summed E-state index contributed by atoms with van der Waals surface area (Å²) in [6.45, 7) is 3.90. The number of Topliss-reactive ketones (excluding diaryl/α,β-unsaturated/α-hetero) is 1. The van der Waals surface area contributed by atoms with E-state index in [-0.39, 0.29) is 18.1 Å². The monoisotopic (exact) mass is 279 g/mol. The summed E-state index contributed by atoms with van der Waals surface area (Å²) in [5, 5.41) is 2.96. The molecule has 0 aliphatic carbocycles. The molecule has 0 aromatic heterocycles. The van der Waals surface area contributed by atoms with Gasteiger partial charge in [-0.05, 0) is 25.5 Å². The second-order valence-electron chi connectivity index (χ2n) is 5.80. The molecule has 0 saturated heterocycles. The van der Waals surface area contributed by atoms with E-state index in [4.69, 9.17) is 0 Å². The van der Waals surface area contributed by atoms with Gasteiger partial charge in [-0.3, -0.25) is 9.59 Å². The Balaban J connectivity index is 1.95. The molecule has 0 spiro atoms. The number of fused-ring (bicyclic) bond motifs is 1. The van der Waals surface area contributed by atoms with E-state index in [1.54, 1.807) is 12.1 Å². The van der Waals surface area contributed by atoms with Crippen molar-refractivity contribution < 1.29 is 9.59 Å². The lowest BCUT2D eigenvalue weighted by molar-refractivity contribution is 0.0894. The quantitative estimate of drug-likeness (QED) is 0.877.